The second kappa shape index (κ2) is 7.96. The zero-order valence-corrected chi connectivity index (χ0v) is 15.3. The van der Waals surface area contributed by atoms with Crippen molar-refractivity contribution in [1.29, 1.82) is 0 Å². The highest BCUT2D eigenvalue weighted by Crippen LogP contribution is 2.25. The average molecular weight is 406 g/mol. The highest BCUT2D eigenvalue weighted by atomic mass is 79.9. The first-order chi connectivity index (χ1) is 8.74. The van der Waals surface area contributed by atoms with Crippen molar-refractivity contribution in [2.24, 2.45) is 5.73 Å². The van der Waals surface area contributed by atoms with Gasteiger partial charge >= 0.3 is 0 Å². The third-order valence-electron chi connectivity index (χ3n) is 3.21. The van der Waals surface area contributed by atoms with E-state index in [4.69, 9.17) is 17.3 Å². The molecule has 20 heavy (non-hydrogen) atoms. The van der Waals surface area contributed by atoms with Gasteiger partial charge < -0.3 is 5.73 Å². The summed E-state index contributed by atoms with van der Waals surface area (Å²) >= 11 is 9.00. The highest BCUT2D eigenvalue weighted by molar-refractivity contribution is 9.10. The van der Waals surface area contributed by atoms with E-state index in [1.165, 1.54) is 12.1 Å². The quantitative estimate of drug-likeness (QED) is 0.762. The molecule has 0 heterocycles. The zero-order valence-electron chi connectivity index (χ0n) is 11.3. The van der Waals surface area contributed by atoms with Gasteiger partial charge in [-0.25, -0.2) is 13.1 Å². The van der Waals surface area contributed by atoms with Crippen molar-refractivity contribution in [1.82, 2.24) is 4.72 Å². The number of rotatable bonds is 6. The first kappa shape index (κ1) is 20.1. The van der Waals surface area contributed by atoms with E-state index in [-0.39, 0.29) is 23.8 Å². The van der Waals surface area contributed by atoms with Gasteiger partial charge in [-0.1, -0.05) is 25.4 Å². The second-order valence-electron chi connectivity index (χ2n) is 4.47. The lowest BCUT2D eigenvalue weighted by Gasteiger charge is -2.26. The van der Waals surface area contributed by atoms with Crippen molar-refractivity contribution in [3.8, 4) is 0 Å². The van der Waals surface area contributed by atoms with Crippen LogP contribution in [0.3, 0.4) is 0 Å². The molecule has 0 fully saturated rings. The fraction of sp³-hybridized carbons (Fsp3) is 0.500. The van der Waals surface area contributed by atoms with Gasteiger partial charge in [-0.05, 0) is 47.0 Å². The zero-order chi connectivity index (χ0) is 14.7. The third kappa shape index (κ3) is 5.16. The van der Waals surface area contributed by atoms with E-state index in [9.17, 15) is 8.42 Å². The van der Waals surface area contributed by atoms with Gasteiger partial charge in [0.2, 0.25) is 10.0 Å². The molecule has 0 atom stereocenters. The average Bonchev–Trinajstić information content (AvgIpc) is 2.35. The summed E-state index contributed by atoms with van der Waals surface area (Å²) in [5, 5.41) is 0.473. The summed E-state index contributed by atoms with van der Waals surface area (Å²) < 4.78 is 27.4. The Labute approximate surface area is 140 Å². The minimum absolute atomic E-state index is 0. The van der Waals surface area contributed by atoms with Gasteiger partial charge in [0.05, 0.1) is 4.90 Å². The van der Waals surface area contributed by atoms with Crippen LogP contribution < -0.4 is 10.5 Å². The van der Waals surface area contributed by atoms with Crippen LogP contribution in [0.2, 0.25) is 5.02 Å². The van der Waals surface area contributed by atoms with Gasteiger partial charge in [-0.2, -0.15) is 0 Å². The molecule has 0 saturated heterocycles. The number of hydrogen-bond donors (Lipinski definition) is 2. The Hall–Kier alpha value is 0.150. The number of hydrogen-bond acceptors (Lipinski definition) is 3. The van der Waals surface area contributed by atoms with Crippen LogP contribution in [-0.4, -0.2) is 20.5 Å². The van der Waals surface area contributed by atoms with Gasteiger partial charge in [0.25, 0.3) is 0 Å². The number of sulfonamides is 1. The fourth-order valence-corrected chi connectivity index (χ4v) is 4.03. The molecule has 4 nitrogen and oxygen atoms in total. The van der Waals surface area contributed by atoms with Gasteiger partial charge in [0.15, 0.2) is 0 Å². The van der Waals surface area contributed by atoms with Crippen molar-refractivity contribution in [2.75, 3.05) is 6.54 Å². The normalized spacial score (nSPS) is 12.1. The Morgan fingerprint density at radius 2 is 1.90 bits per heavy atom. The smallest absolute Gasteiger partial charge is 0.241 e. The van der Waals surface area contributed by atoms with Crippen LogP contribution in [0.1, 0.15) is 26.7 Å². The summed E-state index contributed by atoms with van der Waals surface area (Å²) in [7, 11) is -3.60. The van der Waals surface area contributed by atoms with Crippen LogP contribution in [-0.2, 0) is 10.0 Å². The van der Waals surface area contributed by atoms with E-state index < -0.39 is 15.6 Å². The van der Waals surface area contributed by atoms with Gasteiger partial charge in [0.1, 0.15) is 0 Å². The van der Waals surface area contributed by atoms with Crippen molar-refractivity contribution < 1.29 is 8.42 Å². The van der Waals surface area contributed by atoms with Crippen LogP contribution >= 0.6 is 39.9 Å². The summed E-state index contributed by atoms with van der Waals surface area (Å²) in [5.41, 5.74) is 5.56. The van der Waals surface area contributed by atoms with Crippen molar-refractivity contribution >= 4 is 50.0 Å². The highest BCUT2D eigenvalue weighted by Gasteiger charge is 2.25. The molecule has 3 N–H and O–H groups in total. The molecule has 0 aliphatic rings. The van der Waals surface area contributed by atoms with E-state index in [0.29, 0.717) is 22.3 Å². The molecule has 0 aromatic heterocycles. The van der Waals surface area contributed by atoms with Gasteiger partial charge in [-0.15, -0.1) is 12.4 Å². The van der Waals surface area contributed by atoms with E-state index in [0.717, 1.165) is 0 Å². The largest absolute Gasteiger partial charge is 0.324 e. The summed E-state index contributed by atoms with van der Waals surface area (Å²) in [6.07, 6.45) is 1.40. The SMILES string of the molecule is CCC(N)(CC)CNS(=O)(=O)c1ccc(Cl)cc1Br.Cl. The van der Waals surface area contributed by atoms with Crippen LogP contribution in [0.4, 0.5) is 0 Å². The molecule has 0 aliphatic carbocycles. The molecule has 0 radical (unpaired) electrons. The lowest BCUT2D eigenvalue weighted by Crippen LogP contribution is -2.49. The second-order valence-corrected chi connectivity index (χ2v) is 7.49. The summed E-state index contributed by atoms with van der Waals surface area (Å²) in [5.74, 6) is 0. The molecular weight excluding hydrogens is 387 g/mol. The molecule has 0 bridgehead atoms. The van der Waals surface area contributed by atoms with Gasteiger partial charge in [0, 0.05) is 21.6 Å². The predicted octanol–water partition coefficient (Wildman–Crippen LogP) is 3.32. The van der Waals surface area contributed by atoms with E-state index in [2.05, 4.69) is 20.7 Å². The molecule has 0 spiro atoms. The summed E-state index contributed by atoms with van der Waals surface area (Å²) in [6.45, 7) is 4.09. The molecular formula is C12H19BrCl2N2O2S. The Balaban J connectivity index is 0.00000361. The molecule has 0 aliphatic heterocycles. The molecule has 1 aromatic carbocycles. The number of nitrogens with two attached hydrogens (primary N) is 1. The maximum atomic E-state index is 12.2. The Morgan fingerprint density at radius 1 is 1.35 bits per heavy atom. The summed E-state index contributed by atoms with van der Waals surface area (Å²) in [4.78, 5) is 0.159. The molecule has 1 aromatic rings. The first-order valence-electron chi connectivity index (χ1n) is 5.97. The minimum atomic E-state index is -3.60. The minimum Gasteiger partial charge on any atom is -0.324 e. The van der Waals surface area contributed by atoms with E-state index in [1.54, 1.807) is 6.07 Å². The molecule has 0 saturated carbocycles. The maximum Gasteiger partial charge on any atom is 0.241 e. The molecule has 8 heteroatoms. The molecule has 116 valence electrons. The first-order valence-corrected chi connectivity index (χ1v) is 8.63. The lowest BCUT2D eigenvalue weighted by atomic mass is 9.95. The van der Waals surface area contributed by atoms with Crippen molar-refractivity contribution in [3.05, 3.63) is 27.7 Å². The van der Waals surface area contributed by atoms with Crippen LogP contribution in [0.25, 0.3) is 0 Å². The topological polar surface area (TPSA) is 72.2 Å². The monoisotopic (exact) mass is 404 g/mol. The van der Waals surface area contributed by atoms with Crippen molar-refractivity contribution in [2.45, 2.75) is 37.1 Å². The number of halogens is 3. The number of nitrogens with one attached hydrogen (secondary N) is 1. The third-order valence-corrected chi connectivity index (χ3v) is 5.82. The van der Waals surface area contributed by atoms with Crippen molar-refractivity contribution in [3.63, 3.8) is 0 Å². The predicted molar refractivity (Wildman–Crippen MR) is 89.1 cm³/mol. The Bertz CT molecular complexity index is 548. The van der Waals surface area contributed by atoms with Gasteiger partial charge in [-0.3, -0.25) is 0 Å². The van der Waals surface area contributed by atoms with E-state index >= 15 is 0 Å². The molecule has 0 unspecified atom stereocenters. The standard InChI is InChI=1S/C12H18BrClN2O2S.ClH/c1-3-12(15,4-2)8-16-19(17,18)11-6-5-9(14)7-10(11)13;/h5-7,16H,3-4,8,15H2,1-2H3;1H. The Kier molecular flexibility index (Phi) is 8.02. The molecule has 0 amide bonds. The Morgan fingerprint density at radius 3 is 2.35 bits per heavy atom. The van der Waals surface area contributed by atoms with Crippen LogP contribution in [0, 0.1) is 0 Å². The molecule has 1 rings (SSSR count). The van der Waals surface area contributed by atoms with E-state index in [1.807, 2.05) is 13.8 Å². The number of benzene rings is 1. The maximum absolute atomic E-state index is 12.2. The van der Waals surface area contributed by atoms with Crippen LogP contribution in [0.5, 0.6) is 0 Å². The lowest BCUT2D eigenvalue weighted by molar-refractivity contribution is 0.391. The van der Waals surface area contributed by atoms with Crippen LogP contribution in [0.15, 0.2) is 27.6 Å². The summed E-state index contributed by atoms with van der Waals surface area (Å²) in [6, 6.07) is 4.55. The fourth-order valence-electron chi connectivity index (χ4n) is 1.51.